The summed E-state index contributed by atoms with van der Waals surface area (Å²) in [6, 6.07) is 14.1. The molecule has 0 bridgehead atoms. The second kappa shape index (κ2) is 9.46. The molecule has 1 aliphatic heterocycles. The van der Waals surface area contributed by atoms with Gasteiger partial charge in [0.15, 0.2) is 0 Å². The Balaban J connectivity index is 2.06. The second-order valence-electron chi connectivity index (χ2n) is 6.53. The number of hydrogen-bond acceptors (Lipinski definition) is 4. The fraction of sp³-hybridized carbons (Fsp3) is 0.167. The maximum atomic E-state index is 13.3. The Labute approximate surface area is 180 Å². The molecule has 0 saturated heterocycles. The van der Waals surface area contributed by atoms with Gasteiger partial charge in [0.05, 0.1) is 17.8 Å². The number of allylic oxidation sites excluding steroid dienone is 1. The van der Waals surface area contributed by atoms with Gasteiger partial charge >= 0.3 is 5.97 Å². The van der Waals surface area contributed by atoms with Crippen LogP contribution in [0.3, 0.4) is 0 Å². The molecule has 0 aromatic heterocycles. The van der Waals surface area contributed by atoms with E-state index in [1.807, 2.05) is 18.2 Å². The lowest BCUT2D eigenvalue weighted by Gasteiger charge is -2.18. The van der Waals surface area contributed by atoms with E-state index >= 15 is 0 Å². The fourth-order valence-electron chi connectivity index (χ4n) is 3.20. The SMILES string of the molecule is C=CCOc1cccc(/C=C2\C(=O)N(c3ccc(Cl)cc3)C(C)=C2C(=O)OCC)c1. The molecule has 0 aliphatic carbocycles. The molecular weight excluding hydrogens is 402 g/mol. The van der Waals surface area contributed by atoms with Gasteiger partial charge in [0, 0.05) is 16.4 Å². The lowest BCUT2D eigenvalue weighted by molar-refractivity contribution is -0.138. The Bertz CT molecular complexity index is 1040. The highest BCUT2D eigenvalue weighted by molar-refractivity contribution is 6.30. The minimum Gasteiger partial charge on any atom is -0.490 e. The molecule has 0 radical (unpaired) electrons. The van der Waals surface area contributed by atoms with Crippen molar-refractivity contribution in [3.05, 3.63) is 88.6 Å². The summed E-state index contributed by atoms with van der Waals surface area (Å²) in [7, 11) is 0. The first-order valence-electron chi connectivity index (χ1n) is 9.50. The standard InChI is InChI=1S/C24H22ClNO4/c1-4-13-30-20-8-6-7-17(14-20)15-21-22(24(28)29-5-2)16(3)26(23(21)27)19-11-9-18(25)10-12-19/h4,6-12,14-15H,1,5,13H2,2-3H3/b21-15-. The molecule has 5 nitrogen and oxygen atoms in total. The molecule has 0 spiro atoms. The zero-order chi connectivity index (χ0) is 21.7. The van der Waals surface area contributed by atoms with Crippen LogP contribution in [-0.4, -0.2) is 25.1 Å². The summed E-state index contributed by atoms with van der Waals surface area (Å²) < 4.78 is 10.8. The monoisotopic (exact) mass is 423 g/mol. The van der Waals surface area contributed by atoms with Crippen molar-refractivity contribution in [1.29, 1.82) is 0 Å². The first kappa shape index (κ1) is 21.4. The molecule has 3 rings (SSSR count). The second-order valence-corrected chi connectivity index (χ2v) is 6.96. The third-order valence-corrected chi connectivity index (χ3v) is 4.75. The predicted molar refractivity (Wildman–Crippen MR) is 118 cm³/mol. The average molecular weight is 424 g/mol. The largest absolute Gasteiger partial charge is 0.490 e. The van der Waals surface area contributed by atoms with Gasteiger partial charge in [-0.05, 0) is 61.9 Å². The third-order valence-electron chi connectivity index (χ3n) is 4.50. The quantitative estimate of drug-likeness (QED) is 0.350. The number of ether oxygens (including phenoxy) is 2. The van der Waals surface area contributed by atoms with Gasteiger partial charge in [0.25, 0.3) is 5.91 Å². The summed E-state index contributed by atoms with van der Waals surface area (Å²) in [5.41, 5.74) is 2.37. The van der Waals surface area contributed by atoms with E-state index in [-0.39, 0.29) is 23.7 Å². The minimum atomic E-state index is -0.537. The van der Waals surface area contributed by atoms with Crippen LogP contribution in [0.1, 0.15) is 19.4 Å². The van der Waals surface area contributed by atoms with Gasteiger partial charge in [-0.1, -0.05) is 36.4 Å². The first-order valence-corrected chi connectivity index (χ1v) is 9.88. The number of esters is 1. The highest BCUT2D eigenvalue weighted by Gasteiger charge is 2.38. The number of rotatable bonds is 7. The van der Waals surface area contributed by atoms with Gasteiger partial charge < -0.3 is 9.47 Å². The Hall–Kier alpha value is -3.31. The van der Waals surface area contributed by atoms with Gasteiger partial charge in [-0.3, -0.25) is 9.69 Å². The number of nitrogens with zero attached hydrogens (tertiary/aromatic N) is 1. The molecule has 0 unspecified atom stereocenters. The molecule has 1 amide bonds. The number of carbonyl (C=O) groups is 2. The van der Waals surface area contributed by atoms with Crippen LogP contribution in [0.15, 0.2) is 78.0 Å². The van der Waals surface area contributed by atoms with Crippen LogP contribution in [0.2, 0.25) is 5.02 Å². The van der Waals surface area contributed by atoms with E-state index in [0.29, 0.717) is 28.8 Å². The Morgan fingerprint density at radius 3 is 2.60 bits per heavy atom. The maximum absolute atomic E-state index is 13.3. The number of halogens is 1. The highest BCUT2D eigenvalue weighted by Crippen LogP contribution is 2.36. The van der Waals surface area contributed by atoms with Gasteiger partial charge in [-0.2, -0.15) is 0 Å². The average Bonchev–Trinajstić information content (AvgIpc) is 2.97. The van der Waals surface area contributed by atoms with Gasteiger partial charge in [-0.15, -0.1) is 0 Å². The summed E-state index contributed by atoms with van der Waals surface area (Å²) in [6.07, 6.45) is 3.33. The normalized spacial score (nSPS) is 15.0. The van der Waals surface area contributed by atoms with Crippen molar-refractivity contribution in [2.75, 3.05) is 18.1 Å². The van der Waals surface area contributed by atoms with Gasteiger partial charge in [0.2, 0.25) is 0 Å². The molecule has 2 aromatic carbocycles. The topological polar surface area (TPSA) is 55.8 Å². The van der Waals surface area contributed by atoms with Crippen molar-refractivity contribution in [2.24, 2.45) is 0 Å². The van der Waals surface area contributed by atoms with E-state index in [1.165, 1.54) is 4.90 Å². The van der Waals surface area contributed by atoms with Gasteiger partial charge in [-0.25, -0.2) is 4.79 Å². The van der Waals surface area contributed by atoms with Crippen molar-refractivity contribution in [3.8, 4) is 5.75 Å². The van der Waals surface area contributed by atoms with Crippen LogP contribution in [0.25, 0.3) is 6.08 Å². The zero-order valence-corrected chi connectivity index (χ0v) is 17.6. The molecule has 6 heteroatoms. The molecule has 154 valence electrons. The number of amides is 1. The van der Waals surface area contributed by atoms with E-state index in [9.17, 15) is 9.59 Å². The van der Waals surface area contributed by atoms with Crippen molar-refractivity contribution < 1.29 is 19.1 Å². The van der Waals surface area contributed by atoms with Crippen LogP contribution in [0.5, 0.6) is 5.75 Å². The molecule has 1 heterocycles. The third kappa shape index (κ3) is 4.47. The lowest BCUT2D eigenvalue weighted by atomic mass is 10.0. The molecular formula is C24H22ClNO4. The molecule has 0 atom stereocenters. The lowest BCUT2D eigenvalue weighted by Crippen LogP contribution is -2.24. The number of anilines is 1. The van der Waals surface area contributed by atoms with Crippen molar-refractivity contribution in [1.82, 2.24) is 0 Å². The molecule has 0 saturated carbocycles. The number of hydrogen-bond donors (Lipinski definition) is 0. The van der Waals surface area contributed by atoms with Crippen LogP contribution >= 0.6 is 11.6 Å². The van der Waals surface area contributed by atoms with E-state index < -0.39 is 5.97 Å². The van der Waals surface area contributed by atoms with Crippen LogP contribution in [0, 0.1) is 0 Å². The number of carbonyl (C=O) groups excluding carboxylic acids is 2. The molecule has 1 aliphatic rings. The van der Waals surface area contributed by atoms with Crippen molar-refractivity contribution in [3.63, 3.8) is 0 Å². The van der Waals surface area contributed by atoms with Crippen molar-refractivity contribution >= 4 is 35.2 Å². The summed E-state index contributed by atoms with van der Waals surface area (Å²) in [5.74, 6) is -0.206. The van der Waals surface area contributed by atoms with Crippen LogP contribution in [-0.2, 0) is 14.3 Å². The molecule has 2 aromatic rings. The maximum Gasteiger partial charge on any atom is 0.340 e. The molecule has 0 N–H and O–H groups in total. The number of benzene rings is 2. The van der Waals surface area contributed by atoms with E-state index in [0.717, 1.165) is 5.56 Å². The smallest absolute Gasteiger partial charge is 0.340 e. The van der Waals surface area contributed by atoms with Gasteiger partial charge in [0.1, 0.15) is 12.4 Å². The minimum absolute atomic E-state index is 0.211. The Kier molecular flexibility index (Phi) is 6.75. The van der Waals surface area contributed by atoms with Crippen molar-refractivity contribution in [2.45, 2.75) is 13.8 Å². The summed E-state index contributed by atoms with van der Waals surface area (Å²) in [6.45, 7) is 7.67. The van der Waals surface area contributed by atoms with E-state index in [1.54, 1.807) is 56.3 Å². The summed E-state index contributed by atoms with van der Waals surface area (Å²) in [5, 5.41) is 0.560. The molecule has 0 fully saturated rings. The highest BCUT2D eigenvalue weighted by atomic mass is 35.5. The van der Waals surface area contributed by atoms with E-state index in [4.69, 9.17) is 21.1 Å². The molecule has 30 heavy (non-hydrogen) atoms. The summed E-state index contributed by atoms with van der Waals surface area (Å²) in [4.78, 5) is 27.5. The predicted octanol–water partition coefficient (Wildman–Crippen LogP) is 5.17. The summed E-state index contributed by atoms with van der Waals surface area (Å²) >= 11 is 5.98. The zero-order valence-electron chi connectivity index (χ0n) is 16.9. The van der Waals surface area contributed by atoms with Crippen LogP contribution in [0.4, 0.5) is 5.69 Å². The van der Waals surface area contributed by atoms with E-state index in [2.05, 4.69) is 6.58 Å². The Morgan fingerprint density at radius 2 is 1.93 bits per heavy atom. The first-order chi connectivity index (χ1) is 14.5. The van der Waals surface area contributed by atoms with Crippen LogP contribution < -0.4 is 9.64 Å². The Morgan fingerprint density at radius 1 is 1.20 bits per heavy atom. The fourth-order valence-corrected chi connectivity index (χ4v) is 3.32.